The van der Waals surface area contributed by atoms with Crippen molar-refractivity contribution < 1.29 is 27.8 Å². The first-order valence-corrected chi connectivity index (χ1v) is 14.1. The molecule has 0 unspecified atom stereocenters. The highest BCUT2D eigenvalue weighted by atomic mass is 32.2. The number of halogens is 1. The average Bonchev–Trinajstić information content (AvgIpc) is 3.49. The number of rotatable bonds is 8. The molecule has 0 bridgehead atoms. The summed E-state index contributed by atoms with van der Waals surface area (Å²) in [4.78, 5) is 11.5. The highest BCUT2D eigenvalue weighted by Crippen LogP contribution is 2.47. The number of carbonyl (C=O) groups is 1. The second kappa shape index (κ2) is 10.1. The lowest BCUT2D eigenvalue weighted by atomic mass is 9.80. The van der Waals surface area contributed by atoms with E-state index in [1.807, 2.05) is 10.9 Å². The first-order valence-electron chi connectivity index (χ1n) is 12.6. The molecule has 0 fully saturated rings. The fourth-order valence-electron chi connectivity index (χ4n) is 5.89. The van der Waals surface area contributed by atoms with E-state index < -0.39 is 22.1 Å². The van der Waals surface area contributed by atoms with Gasteiger partial charge in [-0.25, -0.2) is 22.3 Å². The van der Waals surface area contributed by atoms with Crippen LogP contribution in [0.5, 0.6) is 0 Å². The third-order valence-corrected chi connectivity index (χ3v) is 9.45. The van der Waals surface area contributed by atoms with Crippen molar-refractivity contribution in [1.29, 1.82) is 0 Å². The van der Waals surface area contributed by atoms with Crippen LogP contribution in [-0.4, -0.2) is 57.9 Å². The molecule has 1 heterocycles. The summed E-state index contributed by atoms with van der Waals surface area (Å²) in [7, 11) is -4.19. The van der Waals surface area contributed by atoms with Gasteiger partial charge >= 0.3 is 5.97 Å². The summed E-state index contributed by atoms with van der Waals surface area (Å²) in [5.74, 6) is -1.70. The minimum atomic E-state index is -4.19. The molecule has 0 radical (unpaired) electrons. The standard InChI is InChI=1S/C28H30FN3O5S/c1-17(33)15-31(38(36,37)26-6-4-3-5-23(26)28(34)35)16-20-8-7-19-13-25-24(18(2)27(19)20)14-30-32(25)22-11-9-21(29)10-12-22/h3-6,9-12,14,17-18,20,33H,7-8,13,15-16H2,1-2H3,(H,34,35)/t17-,18+,20-/m1/s1. The number of carboxylic acids is 1. The van der Waals surface area contributed by atoms with Gasteiger partial charge in [-0.2, -0.15) is 9.40 Å². The van der Waals surface area contributed by atoms with E-state index in [4.69, 9.17) is 0 Å². The van der Waals surface area contributed by atoms with Crippen molar-refractivity contribution in [2.45, 2.75) is 50.0 Å². The summed E-state index contributed by atoms with van der Waals surface area (Å²) in [5, 5.41) is 24.3. The third kappa shape index (κ3) is 4.68. The molecule has 2 aliphatic carbocycles. The number of aromatic carboxylic acids is 1. The Bertz CT molecular complexity index is 1510. The lowest BCUT2D eigenvalue weighted by Gasteiger charge is -2.31. The average molecular weight is 540 g/mol. The predicted molar refractivity (Wildman–Crippen MR) is 139 cm³/mol. The number of fused-ring (bicyclic) bond motifs is 1. The molecular formula is C28H30FN3O5S. The highest BCUT2D eigenvalue weighted by Gasteiger charge is 2.39. The van der Waals surface area contributed by atoms with Crippen LogP contribution in [0.15, 0.2) is 70.8 Å². The number of benzene rings is 2. The van der Waals surface area contributed by atoms with Crippen molar-refractivity contribution >= 4 is 16.0 Å². The molecule has 2 aliphatic rings. The normalized spacial score (nSPS) is 19.9. The molecule has 38 heavy (non-hydrogen) atoms. The van der Waals surface area contributed by atoms with Crippen molar-refractivity contribution in [3.8, 4) is 5.69 Å². The van der Waals surface area contributed by atoms with E-state index in [2.05, 4.69) is 12.0 Å². The number of aromatic nitrogens is 2. The van der Waals surface area contributed by atoms with Crippen LogP contribution in [0.25, 0.3) is 5.69 Å². The number of hydrogen-bond acceptors (Lipinski definition) is 5. The van der Waals surface area contributed by atoms with Crippen molar-refractivity contribution in [2.75, 3.05) is 13.1 Å². The van der Waals surface area contributed by atoms with Gasteiger partial charge in [-0.05, 0) is 62.1 Å². The topological polar surface area (TPSA) is 113 Å². The van der Waals surface area contributed by atoms with Crippen LogP contribution in [0, 0.1) is 11.7 Å². The molecular weight excluding hydrogens is 509 g/mol. The van der Waals surface area contributed by atoms with E-state index in [0.29, 0.717) is 6.42 Å². The second-order valence-corrected chi connectivity index (χ2v) is 12.0. The van der Waals surface area contributed by atoms with E-state index in [-0.39, 0.29) is 41.2 Å². The third-order valence-electron chi connectivity index (χ3n) is 7.56. The molecule has 0 spiro atoms. The molecule has 2 aromatic carbocycles. The molecule has 0 saturated heterocycles. The van der Waals surface area contributed by atoms with Crippen molar-refractivity contribution in [1.82, 2.24) is 14.1 Å². The molecule has 10 heteroatoms. The van der Waals surface area contributed by atoms with Gasteiger partial charge in [0.15, 0.2) is 0 Å². The summed E-state index contributed by atoms with van der Waals surface area (Å²) in [6, 6.07) is 11.8. The van der Waals surface area contributed by atoms with Crippen LogP contribution < -0.4 is 0 Å². The number of sulfonamides is 1. The Morgan fingerprint density at radius 3 is 2.61 bits per heavy atom. The Labute approximate surface area is 221 Å². The number of nitrogens with zero attached hydrogens (tertiary/aromatic N) is 3. The van der Waals surface area contributed by atoms with Gasteiger partial charge in [-0.3, -0.25) is 0 Å². The van der Waals surface area contributed by atoms with E-state index in [9.17, 15) is 27.8 Å². The molecule has 0 saturated carbocycles. The van der Waals surface area contributed by atoms with Gasteiger partial charge in [0.05, 0.1) is 34.1 Å². The SMILES string of the molecule is C[C@@H]1C2=C(CC[C@@H]2CN(C[C@@H](C)O)S(=O)(=O)c2ccccc2C(=O)O)Cc2c1cnn2-c1ccc(F)cc1. The number of aliphatic hydroxyl groups excluding tert-OH is 1. The van der Waals surface area contributed by atoms with Gasteiger partial charge in [-0.1, -0.05) is 30.2 Å². The quantitative estimate of drug-likeness (QED) is 0.416. The molecule has 0 aliphatic heterocycles. The molecule has 3 atom stereocenters. The van der Waals surface area contributed by atoms with Gasteiger partial charge in [-0.15, -0.1) is 0 Å². The summed E-state index contributed by atoms with van der Waals surface area (Å²) in [5.41, 5.74) is 5.03. The molecule has 2 N–H and O–H groups in total. The van der Waals surface area contributed by atoms with E-state index in [0.717, 1.165) is 29.8 Å². The fraction of sp³-hybridized carbons (Fsp3) is 0.357. The monoisotopic (exact) mass is 539 g/mol. The minimum absolute atomic E-state index is 0.0119. The Hall–Kier alpha value is -3.34. The second-order valence-electron chi connectivity index (χ2n) is 10.1. The minimum Gasteiger partial charge on any atom is -0.478 e. The zero-order chi connectivity index (χ0) is 27.2. The molecule has 200 valence electrons. The molecule has 1 aromatic heterocycles. The maximum absolute atomic E-state index is 13.7. The van der Waals surface area contributed by atoms with Crippen molar-refractivity contribution in [2.24, 2.45) is 5.92 Å². The van der Waals surface area contributed by atoms with Crippen LogP contribution in [0.4, 0.5) is 4.39 Å². The van der Waals surface area contributed by atoms with Gasteiger partial charge in [0, 0.05) is 31.0 Å². The van der Waals surface area contributed by atoms with Crippen LogP contribution in [0.3, 0.4) is 0 Å². The first-order chi connectivity index (χ1) is 18.1. The van der Waals surface area contributed by atoms with Crippen LogP contribution in [0.2, 0.25) is 0 Å². The smallest absolute Gasteiger partial charge is 0.337 e. The highest BCUT2D eigenvalue weighted by molar-refractivity contribution is 7.89. The summed E-state index contributed by atoms with van der Waals surface area (Å²) in [6.45, 7) is 3.61. The van der Waals surface area contributed by atoms with Crippen LogP contribution in [0.1, 0.15) is 54.2 Å². The van der Waals surface area contributed by atoms with Gasteiger partial charge in [0.25, 0.3) is 0 Å². The molecule has 3 aromatic rings. The lowest BCUT2D eigenvalue weighted by Crippen LogP contribution is -2.40. The zero-order valence-electron chi connectivity index (χ0n) is 21.2. The van der Waals surface area contributed by atoms with Crippen LogP contribution >= 0.6 is 0 Å². The van der Waals surface area contributed by atoms with E-state index >= 15 is 0 Å². The van der Waals surface area contributed by atoms with Crippen LogP contribution in [-0.2, 0) is 16.4 Å². The number of aliphatic hydroxyl groups is 1. The van der Waals surface area contributed by atoms with Crippen molar-refractivity contribution in [3.63, 3.8) is 0 Å². The number of allylic oxidation sites excluding steroid dienone is 1. The summed E-state index contributed by atoms with van der Waals surface area (Å²) in [6.07, 6.45) is 3.15. The van der Waals surface area contributed by atoms with E-state index in [1.54, 1.807) is 12.1 Å². The summed E-state index contributed by atoms with van der Waals surface area (Å²) < 4.78 is 43.9. The number of carboxylic acid groups (broad SMARTS) is 1. The largest absolute Gasteiger partial charge is 0.478 e. The van der Waals surface area contributed by atoms with Crippen molar-refractivity contribution in [3.05, 3.63) is 88.5 Å². The Morgan fingerprint density at radius 1 is 1.21 bits per heavy atom. The van der Waals surface area contributed by atoms with Gasteiger partial charge < -0.3 is 10.2 Å². The molecule has 8 nitrogen and oxygen atoms in total. The van der Waals surface area contributed by atoms with Gasteiger partial charge in [0.2, 0.25) is 10.0 Å². The molecule has 5 rings (SSSR count). The van der Waals surface area contributed by atoms with Gasteiger partial charge in [0.1, 0.15) is 5.82 Å². The Morgan fingerprint density at radius 2 is 1.92 bits per heavy atom. The summed E-state index contributed by atoms with van der Waals surface area (Å²) >= 11 is 0. The maximum atomic E-state index is 13.7. The Balaban J connectivity index is 1.46. The molecule has 0 amide bonds. The first kappa shape index (κ1) is 26.3. The zero-order valence-corrected chi connectivity index (χ0v) is 22.0. The Kier molecular flexibility index (Phi) is 6.97. The number of hydrogen-bond donors (Lipinski definition) is 2. The fourth-order valence-corrected chi connectivity index (χ4v) is 7.65. The lowest BCUT2D eigenvalue weighted by molar-refractivity contribution is 0.0692. The maximum Gasteiger partial charge on any atom is 0.337 e. The van der Waals surface area contributed by atoms with E-state index in [1.165, 1.54) is 58.8 Å². The predicted octanol–water partition coefficient (Wildman–Crippen LogP) is 4.15.